The number of allylic oxidation sites excluding steroid dienone is 2. The first-order chi connectivity index (χ1) is 6.24. The zero-order valence-corrected chi connectivity index (χ0v) is 8.38. The molecule has 13 heavy (non-hydrogen) atoms. The minimum Gasteiger partial charge on any atom is -0.295 e. The number of hydrogen-bond acceptors (Lipinski definition) is 1. The molecular formula is C12H18O. The molecule has 0 N–H and O–H groups in total. The van der Waals surface area contributed by atoms with Crippen molar-refractivity contribution in [3.05, 3.63) is 12.2 Å². The molecule has 2 aliphatic carbocycles. The molecule has 0 heterocycles. The quantitative estimate of drug-likeness (QED) is 0.607. The van der Waals surface area contributed by atoms with E-state index in [4.69, 9.17) is 0 Å². The average Bonchev–Trinajstić information content (AvgIpc) is 2.74. The highest BCUT2D eigenvalue weighted by molar-refractivity contribution is 5.89. The van der Waals surface area contributed by atoms with Crippen molar-refractivity contribution in [3.8, 4) is 0 Å². The van der Waals surface area contributed by atoms with Crippen molar-refractivity contribution in [1.29, 1.82) is 0 Å². The maximum atomic E-state index is 11.2. The van der Waals surface area contributed by atoms with Crippen molar-refractivity contribution in [2.24, 2.45) is 11.3 Å². The molecule has 2 aliphatic rings. The van der Waals surface area contributed by atoms with Gasteiger partial charge in [-0.15, -0.1) is 0 Å². The Morgan fingerprint density at radius 1 is 1.46 bits per heavy atom. The first-order valence-electron chi connectivity index (χ1n) is 5.46. The molecule has 2 bridgehead atoms. The maximum Gasteiger partial charge on any atom is 0.155 e. The molecule has 72 valence electrons. The second kappa shape index (κ2) is 3.28. The van der Waals surface area contributed by atoms with E-state index in [0.29, 0.717) is 11.8 Å². The van der Waals surface area contributed by atoms with Gasteiger partial charge in [0.25, 0.3) is 0 Å². The smallest absolute Gasteiger partial charge is 0.155 e. The van der Waals surface area contributed by atoms with Gasteiger partial charge in [0.2, 0.25) is 0 Å². The number of fused-ring (bicyclic) bond motifs is 2. The second-order valence-electron chi connectivity index (χ2n) is 4.66. The van der Waals surface area contributed by atoms with Crippen LogP contribution in [-0.2, 0) is 4.79 Å². The van der Waals surface area contributed by atoms with Gasteiger partial charge >= 0.3 is 0 Å². The van der Waals surface area contributed by atoms with Gasteiger partial charge in [-0.1, -0.05) is 13.0 Å². The van der Waals surface area contributed by atoms with Crippen LogP contribution in [0.4, 0.5) is 0 Å². The third-order valence-corrected chi connectivity index (χ3v) is 3.77. The monoisotopic (exact) mass is 178 g/mol. The standard InChI is InChI=1S/C12H18O/c1-2-11(13)5-8-12-6-3-10(9-12)4-7-12/h5,8,10H,2-4,6-7,9H2,1H3. The third-order valence-electron chi connectivity index (χ3n) is 3.77. The fourth-order valence-corrected chi connectivity index (χ4v) is 2.86. The van der Waals surface area contributed by atoms with E-state index >= 15 is 0 Å². The SMILES string of the molecule is CCC(=O)C=CC12CCC(CC1)C2. The van der Waals surface area contributed by atoms with Crippen LogP contribution in [0.2, 0.25) is 0 Å². The Morgan fingerprint density at radius 2 is 2.15 bits per heavy atom. The van der Waals surface area contributed by atoms with E-state index in [1.807, 2.05) is 13.0 Å². The summed E-state index contributed by atoms with van der Waals surface area (Å²) in [5, 5.41) is 0. The zero-order chi connectivity index (χ0) is 9.31. The molecule has 0 unspecified atom stereocenters. The molecule has 1 nitrogen and oxygen atoms in total. The lowest BCUT2D eigenvalue weighted by molar-refractivity contribution is -0.114. The lowest BCUT2D eigenvalue weighted by atomic mass is 9.84. The molecule has 2 fully saturated rings. The van der Waals surface area contributed by atoms with Crippen LogP contribution >= 0.6 is 0 Å². The molecule has 0 atom stereocenters. The van der Waals surface area contributed by atoms with Gasteiger partial charge in [0, 0.05) is 6.42 Å². The van der Waals surface area contributed by atoms with Crippen molar-refractivity contribution >= 4 is 5.78 Å². The van der Waals surface area contributed by atoms with Crippen LogP contribution in [0.15, 0.2) is 12.2 Å². The normalized spacial score (nSPS) is 37.5. The molecule has 0 spiro atoms. The molecule has 0 aromatic rings. The van der Waals surface area contributed by atoms with Crippen LogP contribution < -0.4 is 0 Å². The number of rotatable bonds is 3. The minimum atomic E-state index is 0.282. The lowest BCUT2D eigenvalue weighted by Crippen LogP contribution is -2.10. The average molecular weight is 178 g/mol. The van der Waals surface area contributed by atoms with Gasteiger partial charge in [-0.25, -0.2) is 0 Å². The Hall–Kier alpha value is -0.590. The second-order valence-corrected chi connectivity index (χ2v) is 4.66. The van der Waals surface area contributed by atoms with Crippen LogP contribution in [0, 0.1) is 11.3 Å². The molecule has 0 radical (unpaired) electrons. The van der Waals surface area contributed by atoms with Gasteiger partial charge in [0.15, 0.2) is 5.78 Å². The molecule has 1 heteroatoms. The zero-order valence-electron chi connectivity index (χ0n) is 8.38. The van der Waals surface area contributed by atoms with Crippen molar-refractivity contribution in [2.45, 2.75) is 45.4 Å². The largest absolute Gasteiger partial charge is 0.295 e. The summed E-state index contributed by atoms with van der Waals surface area (Å²) < 4.78 is 0. The summed E-state index contributed by atoms with van der Waals surface area (Å²) in [4.78, 5) is 11.2. The van der Waals surface area contributed by atoms with E-state index in [0.717, 1.165) is 5.92 Å². The van der Waals surface area contributed by atoms with E-state index in [2.05, 4.69) is 6.08 Å². The summed E-state index contributed by atoms with van der Waals surface area (Å²) in [7, 11) is 0. The first-order valence-corrected chi connectivity index (χ1v) is 5.46. The molecule has 0 aromatic heterocycles. The Bertz CT molecular complexity index is 232. The van der Waals surface area contributed by atoms with Gasteiger partial charge in [-0.2, -0.15) is 0 Å². The Morgan fingerprint density at radius 3 is 2.62 bits per heavy atom. The summed E-state index contributed by atoms with van der Waals surface area (Å²) in [5.41, 5.74) is 0.440. The van der Waals surface area contributed by atoms with Gasteiger partial charge < -0.3 is 0 Å². The molecule has 0 aliphatic heterocycles. The molecular weight excluding hydrogens is 160 g/mol. The van der Waals surface area contributed by atoms with Crippen LogP contribution in [0.3, 0.4) is 0 Å². The molecule has 2 rings (SSSR count). The highest BCUT2D eigenvalue weighted by atomic mass is 16.1. The van der Waals surface area contributed by atoms with Crippen LogP contribution in [0.25, 0.3) is 0 Å². The van der Waals surface area contributed by atoms with Crippen LogP contribution in [0.1, 0.15) is 45.4 Å². The molecule has 0 amide bonds. The minimum absolute atomic E-state index is 0.282. The fourth-order valence-electron chi connectivity index (χ4n) is 2.86. The predicted molar refractivity (Wildman–Crippen MR) is 53.4 cm³/mol. The van der Waals surface area contributed by atoms with E-state index in [1.54, 1.807) is 0 Å². The summed E-state index contributed by atoms with van der Waals surface area (Å²) in [5.74, 6) is 1.26. The van der Waals surface area contributed by atoms with Crippen molar-refractivity contribution in [3.63, 3.8) is 0 Å². The molecule has 2 saturated carbocycles. The predicted octanol–water partition coefficient (Wildman–Crippen LogP) is 3.10. The van der Waals surface area contributed by atoms with Crippen molar-refractivity contribution in [1.82, 2.24) is 0 Å². The lowest BCUT2D eigenvalue weighted by Gasteiger charge is -2.21. The summed E-state index contributed by atoms with van der Waals surface area (Å²) in [6.07, 6.45) is 11.5. The summed E-state index contributed by atoms with van der Waals surface area (Å²) in [6.45, 7) is 1.93. The van der Waals surface area contributed by atoms with Gasteiger partial charge in [-0.05, 0) is 49.5 Å². The highest BCUT2D eigenvalue weighted by Gasteiger charge is 2.42. The van der Waals surface area contributed by atoms with Gasteiger partial charge in [0.05, 0.1) is 0 Å². The van der Waals surface area contributed by atoms with E-state index < -0.39 is 0 Å². The van der Waals surface area contributed by atoms with E-state index in [9.17, 15) is 4.79 Å². The first kappa shape index (κ1) is 8.98. The highest BCUT2D eigenvalue weighted by Crippen LogP contribution is 2.54. The number of ketones is 1. The van der Waals surface area contributed by atoms with Crippen LogP contribution in [0.5, 0.6) is 0 Å². The topological polar surface area (TPSA) is 17.1 Å². The maximum absolute atomic E-state index is 11.2. The van der Waals surface area contributed by atoms with Crippen molar-refractivity contribution in [2.75, 3.05) is 0 Å². The van der Waals surface area contributed by atoms with Gasteiger partial charge in [0.1, 0.15) is 0 Å². The fraction of sp³-hybridized carbons (Fsp3) is 0.750. The third kappa shape index (κ3) is 1.70. The van der Waals surface area contributed by atoms with Gasteiger partial charge in [-0.3, -0.25) is 4.79 Å². The summed E-state index contributed by atoms with van der Waals surface area (Å²) in [6, 6.07) is 0. The van der Waals surface area contributed by atoms with Crippen LogP contribution in [-0.4, -0.2) is 5.78 Å². The number of carbonyl (C=O) groups is 1. The number of carbonyl (C=O) groups excluding carboxylic acids is 1. The Labute approximate surface area is 80.2 Å². The van der Waals surface area contributed by atoms with E-state index in [1.165, 1.54) is 32.1 Å². The van der Waals surface area contributed by atoms with E-state index in [-0.39, 0.29) is 5.78 Å². The summed E-state index contributed by atoms with van der Waals surface area (Å²) >= 11 is 0. The molecule has 0 saturated heterocycles. The molecule has 0 aromatic carbocycles. The Balaban J connectivity index is 2.00. The van der Waals surface area contributed by atoms with Crippen molar-refractivity contribution < 1.29 is 4.79 Å². The number of hydrogen-bond donors (Lipinski definition) is 0. The Kier molecular flexibility index (Phi) is 2.27.